The van der Waals surface area contributed by atoms with Crippen LogP contribution in [0.25, 0.3) is 110 Å². The van der Waals surface area contributed by atoms with Gasteiger partial charge in [-0.2, -0.15) is 0 Å². The summed E-state index contributed by atoms with van der Waals surface area (Å²) in [5.41, 5.74) is -2.25. The Kier molecular flexibility index (Phi) is 14.6. The molecule has 0 spiro atoms. The molecule has 12 aromatic carbocycles. The number of hydrogen-bond acceptors (Lipinski definition) is 4. The fourth-order valence-electron chi connectivity index (χ4n) is 10.0. The van der Waals surface area contributed by atoms with E-state index in [9.17, 15) is 73.1 Å². The van der Waals surface area contributed by atoms with E-state index in [0.717, 1.165) is 0 Å². The summed E-state index contributed by atoms with van der Waals surface area (Å²) in [6.45, 7) is 0. The first kappa shape index (κ1) is 55.2. The average molecular weight is 1210 g/mol. The molecule has 0 aliphatic heterocycles. The van der Waals surface area contributed by atoms with Gasteiger partial charge in [0, 0.05) is 0 Å². The molecule has 0 heterocycles. The summed E-state index contributed by atoms with van der Waals surface area (Å²) >= 11 is 0. The number of halogens is 12. The van der Waals surface area contributed by atoms with E-state index in [1.165, 1.54) is 24.3 Å². The summed E-state index contributed by atoms with van der Waals surface area (Å²) < 4.78 is 168. The average Bonchev–Trinajstić information content (AvgIpc) is 3.50. The van der Waals surface area contributed by atoms with E-state index in [-0.39, 0.29) is 90.7 Å². The molecule has 0 aliphatic rings. The number of rotatable bonds is 6. The van der Waals surface area contributed by atoms with Gasteiger partial charge in [0.25, 0.3) is 0 Å². The van der Waals surface area contributed by atoms with Crippen molar-refractivity contribution >= 4 is 67.0 Å². The Morgan fingerprint density at radius 2 is 0.383 bits per heavy atom. The van der Waals surface area contributed by atoms with Crippen LogP contribution in [0.1, 0.15) is 0 Å². The van der Waals surface area contributed by atoms with Crippen molar-refractivity contribution in [3.05, 3.63) is 240 Å². The van der Waals surface area contributed by atoms with Crippen molar-refractivity contribution in [1.82, 2.24) is 0 Å². The zero-order chi connectivity index (χ0) is 56.6. The molecule has 0 saturated heterocycles. The first-order valence-electron chi connectivity index (χ1n) is 23.8. The molecule has 0 amide bonds. The van der Waals surface area contributed by atoms with Crippen molar-refractivity contribution in [2.24, 2.45) is 0 Å². The fourth-order valence-corrected chi connectivity index (χ4v) is 10.0. The second kappa shape index (κ2) is 21.5. The van der Waals surface area contributed by atoms with E-state index in [4.69, 9.17) is 0 Å². The van der Waals surface area contributed by atoms with Gasteiger partial charge in [0.2, 0.25) is 0 Å². The molecule has 81 heavy (non-hydrogen) atoms. The minimum Gasteiger partial charge on any atom is -0.872 e. The van der Waals surface area contributed by atoms with Gasteiger partial charge in [-0.1, -0.05) is 120 Å². The van der Waals surface area contributed by atoms with E-state index in [1.54, 1.807) is 97.1 Å². The second-order valence-electron chi connectivity index (χ2n) is 18.4. The van der Waals surface area contributed by atoms with Gasteiger partial charge < -0.3 is 20.4 Å². The van der Waals surface area contributed by atoms with Gasteiger partial charge in [0.15, 0.2) is 69.8 Å². The van der Waals surface area contributed by atoms with Crippen LogP contribution in [-0.2, 0) is 0 Å². The summed E-state index contributed by atoms with van der Waals surface area (Å²) in [5, 5.41) is 59.2. The van der Waals surface area contributed by atoms with Crippen LogP contribution in [0.15, 0.2) is 170 Å². The van der Waals surface area contributed by atoms with Crippen molar-refractivity contribution in [3.63, 3.8) is 0 Å². The Bertz CT molecular complexity index is 3920. The molecule has 0 N–H and O–H groups in total. The van der Waals surface area contributed by atoms with Crippen LogP contribution in [0.3, 0.4) is 0 Å². The molecule has 0 bridgehead atoms. The molecule has 0 aromatic heterocycles. The van der Waals surface area contributed by atoms with Crippen molar-refractivity contribution in [2.75, 3.05) is 0 Å². The number of benzene rings is 12. The van der Waals surface area contributed by atoms with Gasteiger partial charge in [0.1, 0.15) is 0 Å². The Balaban J connectivity index is 0.000000180. The summed E-state index contributed by atoms with van der Waals surface area (Å²) in [6.07, 6.45) is 0. The minimum absolute atomic E-state index is 0. The van der Waals surface area contributed by atoms with Crippen LogP contribution in [-0.4, -0.2) is 23.9 Å². The third-order valence-electron chi connectivity index (χ3n) is 13.7. The third-order valence-corrected chi connectivity index (χ3v) is 13.7. The molecule has 396 valence electrons. The normalized spacial score (nSPS) is 11.3. The van der Waals surface area contributed by atoms with Gasteiger partial charge in [-0.3, -0.25) is 0 Å². The Labute approximate surface area is 467 Å². The first-order valence-corrected chi connectivity index (χ1v) is 23.8. The minimum atomic E-state index is -1.70. The molecular weight excluding hydrogens is 1180 g/mol. The summed E-state index contributed by atoms with van der Waals surface area (Å²) in [7, 11) is 0. The summed E-state index contributed by atoms with van der Waals surface area (Å²) in [5.74, 6) is -21.9. The zero-order valence-corrected chi connectivity index (χ0v) is 43.7. The van der Waals surface area contributed by atoms with Crippen LogP contribution < -0.4 is 20.4 Å². The molecule has 4 nitrogen and oxygen atoms in total. The van der Waals surface area contributed by atoms with Crippen molar-refractivity contribution in [3.8, 4) is 89.8 Å². The maximum absolute atomic E-state index is 14.1. The monoisotopic (exact) mass is 1210 g/mol. The first-order chi connectivity index (χ1) is 38.3. The van der Waals surface area contributed by atoms with E-state index < -0.39 is 92.8 Å². The Morgan fingerprint density at radius 1 is 0.222 bits per heavy atom. The van der Waals surface area contributed by atoms with Crippen LogP contribution in [0.2, 0.25) is 0 Å². The molecule has 0 atom stereocenters. The van der Waals surface area contributed by atoms with Gasteiger partial charge >= 0.3 is 23.9 Å². The second-order valence-corrected chi connectivity index (χ2v) is 18.4. The SMILES string of the molecule is [O-]c1c(-c2cc(F)c(F)c(F)c2)cc2ccccc2c1-c1c([O-])c(-c2cc(F)c(F)c(F)c2)cc2ccccc12.[O-]c1c(-c2cc(F)c(F)c(F)c2)cc2ccccc2c1-c1c([O-])c(-c2cc(F)c(F)c(F)c2)cc2ccccc12.[Sn+4]. The van der Waals surface area contributed by atoms with Crippen LogP contribution >= 0.6 is 0 Å². The fraction of sp³-hybridized carbons (Fsp3) is 0. The van der Waals surface area contributed by atoms with Crippen LogP contribution in [0.4, 0.5) is 52.7 Å². The maximum Gasteiger partial charge on any atom is 4.00 e. The smallest absolute Gasteiger partial charge is 0.872 e. The number of hydrogen-bond donors (Lipinski definition) is 0. The Hall–Kier alpha value is -9.16. The van der Waals surface area contributed by atoms with E-state index in [0.29, 0.717) is 91.6 Å². The molecule has 0 saturated carbocycles. The largest absolute Gasteiger partial charge is 4.00 e. The van der Waals surface area contributed by atoms with Gasteiger partial charge in [-0.05, 0) is 183 Å². The van der Waals surface area contributed by atoms with Gasteiger partial charge in [-0.15, -0.1) is 0 Å². The quantitative estimate of drug-likeness (QED) is 0.0942. The van der Waals surface area contributed by atoms with Gasteiger partial charge in [-0.25, -0.2) is 52.7 Å². The zero-order valence-electron chi connectivity index (χ0n) is 40.8. The third kappa shape index (κ3) is 9.62. The molecule has 17 heteroatoms. The van der Waals surface area contributed by atoms with Crippen molar-refractivity contribution in [1.29, 1.82) is 0 Å². The molecule has 0 fully saturated rings. The summed E-state index contributed by atoms with van der Waals surface area (Å²) in [6, 6.07) is 37.0. The van der Waals surface area contributed by atoms with E-state index in [1.807, 2.05) is 0 Å². The molecule has 0 unspecified atom stereocenters. The maximum atomic E-state index is 14.1. The molecule has 0 aliphatic carbocycles. The molecule has 12 aromatic rings. The standard InChI is InChI=1S/2C32H16F6O2.Sn/c2*33-23-11-17(12-24(34)29(23)37)21-9-15-5-1-3-7-19(15)27(31(21)39)28-20-8-4-2-6-16(20)10-22(32(28)40)18-13-25(35)30(38)26(36)14-18;/h2*1-14,39-40H;/q;;+4/p-4. The predicted octanol–water partition coefficient (Wildman–Crippen LogP) is 15.6. The van der Waals surface area contributed by atoms with Crippen LogP contribution in [0, 0.1) is 69.8 Å². The van der Waals surface area contributed by atoms with E-state index >= 15 is 0 Å². The molecule has 0 radical (unpaired) electrons. The van der Waals surface area contributed by atoms with Crippen LogP contribution in [0.5, 0.6) is 23.0 Å². The van der Waals surface area contributed by atoms with Gasteiger partial charge in [0.05, 0.1) is 0 Å². The Morgan fingerprint density at radius 3 is 0.556 bits per heavy atom. The number of fused-ring (bicyclic) bond motifs is 4. The molecular formula is C64H28F12O4Sn. The van der Waals surface area contributed by atoms with Crippen molar-refractivity contribution in [2.45, 2.75) is 0 Å². The summed E-state index contributed by atoms with van der Waals surface area (Å²) in [4.78, 5) is 0. The topological polar surface area (TPSA) is 92.2 Å². The molecule has 12 rings (SSSR count). The van der Waals surface area contributed by atoms with Crippen molar-refractivity contribution < 1.29 is 73.1 Å². The predicted molar refractivity (Wildman–Crippen MR) is 279 cm³/mol. The van der Waals surface area contributed by atoms with E-state index in [2.05, 4.69) is 0 Å².